The van der Waals surface area contributed by atoms with Crippen molar-refractivity contribution in [2.75, 3.05) is 0 Å². The first-order valence-corrected chi connectivity index (χ1v) is 11.3. The molecule has 0 saturated heterocycles. The molecule has 29 heavy (non-hydrogen) atoms. The first-order chi connectivity index (χ1) is 14.3. The van der Waals surface area contributed by atoms with Crippen LogP contribution in [0.3, 0.4) is 0 Å². The van der Waals surface area contributed by atoms with Gasteiger partial charge in [-0.25, -0.2) is 0 Å². The van der Waals surface area contributed by atoms with Crippen molar-refractivity contribution in [1.29, 1.82) is 0 Å². The van der Waals surface area contributed by atoms with Gasteiger partial charge in [0.15, 0.2) is 0 Å². The van der Waals surface area contributed by atoms with E-state index in [1.165, 1.54) is 62.5 Å². The Morgan fingerprint density at radius 2 is 1.14 bits per heavy atom. The van der Waals surface area contributed by atoms with Gasteiger partial charge in [0.05, 0.1) is 0 Å². The minimum Gasteiger partial charge on any atom is -0.334 e. The van der Waals surface area contributed by atoms with Crippen molar-refractivity contribution in [3.8, 4) is 22.8 Å². The van der Waals surface area contributed by atoms with Gasteiger partial charge in [-0.3, -0.25) is 0 Å². The van der Waals surface area contributed by atoms with Crippen molar-refractivity contribution >= 4 is 0 Å². The lowest BCUT2D eigenvalue weighted by atomic mass is 10.0. The third kappa shape index (κ3) is 6.56. The normalized spacial score (nSPS) is 11.1. The Morgan fingerprint density at radius 1 is 0.621 bits per heavy atom. The lowest BCUT2D eigenvalue weighted by molar-refractivity contribution is 0.432. The topological polar surface area (TPSA) is 38.9 Å². The number of hydrogen-bond donors (Lipinski definition) is 0. The molecule has 3 nitrogen and oxygen atoms in total. The van der Waals surface area contributed by atoms with Gasteiger partial charge in [0.1, 0.15) is 0 Å². The zero-order valence-electron chi connectivity index (χ0n) is 18.0. The molecule has 0 aliphatic heterocycles. The van der Waals surface area contributed by atoms with E-state index in [0.717, 1.165) is 24.0 Å². The molecule has 1 aromatic heterocycles. The van der Waals surface area contributed by atoms with Crippen molar-refractivity contribution in [2.24, 2.45) is 0 Å². The monoisotopic (exact) mass is 390 g/mol. The van der Waals surface area contributed by atoms with Crippen molar-refractivity contribution in [3.05, 3.63) is 59.7 Å². The summed E-state index contributed by atoms with van der Waals surface area (Å²) in [6.45, 7) is 4.49. The van der Waals surface area contributed by atoms with Crippen molar-refractivity contribution < 1.29 is 4.52 Å². The van der Waals surface area contributed by atoms with Crippen LogP contribution in [0, 0.1) is 0 Å². The smallest absolute Gasteiger partial charge is 0.258 e. The summed E-state index contributed by atoms with van der Waals surface area (Å²) in [6.07, 6.45) is 12.6. The molecule has 3 rings (SSSR count). The fraction of sp³-hybridized carbons (Fsp3) is 0.462. The van der Waals surface area contributed by atoms with Gasteiger partial charge >= 0.3 is 0 Å². The maximum Gasteiger partial charge on any atom is 0.258 e. The van der Waals surface area contributed by atoms with E-state index >= 15 is 0 Å². The van der Waals surface area contributed by atoms with Crippen molar-refractivity contribution in [1.82, 2.24) is 10.1 Å². The molecule has 0 spiro atoms. The molecular formula is C26H34N2O. The number of aryl methyl sites for hydroxylation is 2. The summed E-state index contributed by atoms with van der Waals surface area (Å²) in [5.41, 5.74) is 4.73. The van der Waals surface area contributed by atoms with Gasteiger partial charge in [0, 0.05) is 11.1 Å². The van der Waals surface area contributed by atoms with Crippen LogP contribution in [0.2, 0.25) is 0 Å². The van der Waals surface area contributed by atoms with Crippen LogP contribution < -0.4 is 0 Å². The maximum atomic E-state index is 5.52. The van der Waals surface area contributed by atoms with Gasteiger partial charge in [-0.15, -0.1) is 0 Å². The molecule has 0 aliphatic rings. The summed E-state index contributed by atoms with van der Waals surface area (Å²) in [7, 11) is 0. The van der Waals surface area contributed by atoms with Crippen LogP contribution in [0.15, 0.2) is 53.1 Å². The summed E-state index contributed by atoms with van der Waals surface area (Å²) >= 11 is 0. The molecule has 0 radical (unpaired) electrons. The standard InChI is InChI=1S/C26H34N2O/c1-3-5-7-8-10-12-22-13-17-23(18-14-22)25-27-26(29-28-25)24-19-15-21(16-20-24)11-9-6-4-2/h13-20H,3-12H2,1-2H3. The first kappa shape index (κ1) is 21.3. The van der Waals surface area contributed by atoms with Gasteiger partial charge < -0.3 is 4.52 Å². The van der Waals surface area contributed by atoms with E-state index in [2.05, 4.69) is 72.5 Å². The molecule has 0 aliphatic carbocycles. The second-order valence-electron chi connectivity index (χ2n) is 7.94. The summed E-state index contributed by atoms with van der Waals surface area (Å²) in [5, 5.41) is 4.19. The van der Waals surface area contributed by atoms with Crippen LogP contribution >= 0.6 is 0 Å². The lowest BCUT2D eigenvalue weighted by Gasteiger charge is -2.02. The molecule has 0 N–H and O–H groups in total. The van der Waals surface area contributed by atoms with Gasteiger partial charge in [-0.2, -0.15) is 4.98 Å². The highest BCUT2D eigenvalue weighted by molar-refractivity contribution is 5.60. The van der Waals surface area contributed by atoms with Crippen LogP contribution in [0.5, 0.6) is 0 Å². The van der Waals surface area contributed by atoms with Crippen LogP contribution in [0.25, 0.3) is 22.8 Å². The van der Waals surface area contributed by atoms with Gasteiger partial charge in [0.2, 0.25) is 5.82 Å². The largest absolute Gasteiger partial charge is 0.334 e. The molecule has 0 bridgehead atoms. The quantitative estimate of drug-likeness (QED) is 0.298. The van der Waals surface area contributed by atoms with E-state index in [9.17, 15) is 0 Å². The minimum atomic E-state index is 0.583. The van der Waals surface area contributed by atoms with E-state index < -0.39 is 0 Å². The van der Waals surface area contributed by atoms with E-state index in [0.29, 0.717) is 11.7 Å². The van der Waals surface area contributed by atoms with Gasteiger partial charge in [-0.1, -0.05) is 93.9 Å². The Labute approximate surface area is 175 Å². The van der Waals surface area contributed by atoms with E-state index in [1.807, 2.05) is 0 Å². The van der Waals surface area contributed by atoms with Crippen molar-refractivity contribution in [3.63, 3.8) is 0 Å². The second-order valence-corrected chi connectivity index (χ2v) is 7.94. The summed E-state index contributed by atoms with van der Waals surface area (Å²) < 4.78 is 5.52. The highest BCUT2D eigenvalue weighted by Gasteiger charge is 2.10. The number of benzene rings is 2. The molecule has 0 atom stereocenters. The van der Waals surface area contributed by atoms with Gasteiger partial charge in [-0.05, 0) is 48.9 Å². The Kier molecular flexibility index (Phi) is 8.48. The second kappa shape index (κ2) is 11.5. The number of rotatable bonds is 12. The van der Waals surface area contributed by atoms with Crippen LogP contribution in [-0.4, -0.2) is 10.1 Å². The molecule has 2 aromatic carbocycles. The fourth-order valence-corrected chi connectivity index (χ4v) is 3.60. The minimum absolute atomic E-state index is 0.583. The van der Waals surface area contributed by atoms with E-state index in [4.69, 9.17) is 4.52 Å². The third-order valence-corrected chi connectivity index (χ3v) is 5.48. The predicted octanol–water partition coefficient (Wildman–Crippen LogP) is 7.65. The Bertz CT molecular complexity index is 834. The van der Waals surface area contributed by atoms with Crippen LogP contribution in [0.1, 0.15) is 76.3 Å². The molecule has 0 unspecified atom stereocenters. The Hall–Kier alpha value is -2.42. The Morgan fingerprint density at radius 3 is 1.76 bits per heavy atom. The fourth-order valence-electron chi connectivity index (χ4n) is 3.60. The molecule has 3 aromatic rings. The number of unbranched alkanes of at least 4 members (excludes halogenated alkanes) is 6. The first-order valence-electron chi connectivity index (χ1n) is 11.3. The SMILES string of the molecule is CCCCCCCc1ccc(-c2noc(-c3ccc(CCCCC)cc3)n2)cc1. The summed E-state index contributed by atoms with van der Waals surface area (Å²) in [5.74, 6) is 1.24. The molecule has 1 heterocycles. The van der Waals surface area contributed by atoms with Gasteiger partial charge in [0.25, 0.3) is 5.89 Å². The maximum absolute atomic E-state index is 5.52. The number of hydrogen-bond acceptors (Lipinski definition) is 3. The van der Waals surface area contributed by atoms with E-state index in [-0.39, 0.29) is 0 Å². The zero-order valence-corrected chi connectivity index (χ0v) is 18.0. The van der Waals surface area contributed by atoms with E-state index in [1.54, 1.807) is 0 Å². The van der Waals surface area contributed by atoms with Crippen LogP contribution in [-0.2, 0) is 12.8 Å². The van der Waals surface area contributed by atoms with Crippen LogP contribution in [0.4, 0.5) is 0 Å². The number of nitrogens with zero attached hydrogens (tertiary/aromatic N) is 2. The highest BCUT2D eigenvalue weighted by atomic mass is 16.5. The zero-order chi connectivity index (χ0) is 20.3. The highest BCUT2D eigenvalue weighted by Crippen LogP contribution is 2.23. The van der Waals surface area contributed by atoms with Crippen molar-refractivity contribution in [2.45, 2.75) is 78.1 Å². The third-order valence-electron chi connectivity index (χ3n) is 5.48. The predicted molar refractivity (Wildman–Crippen MR) is 121 cm³/mol. The molecule has 0 fully saturated rings. The summed E-state index contributed by atoms with van der Waals surface area (Å²) in [4.78, 5) is 4.60. The molecule has 0 saturated carbocycles. The lowest BCUT2D eigenvalue weighted by Crippen LogP contribution is -1.88. The average molecular weight is 391 g/mol. The summed E-state index contributed by atoms with van der Waals surface area (Å²) in [6, 6.07) is 17.1. The molecule has 154 valence electrons. The average Bonchev–Trinajstić information content (AvgIpc) is 3.25. The molecule has 0 amide bonds. The molecular weight excluding hydrogens is 356 g/mol. The molecule has 3 heteroatoms. The Balaban J connectivity index is 1.56. The number of aromatic nitrogens is 2.